The third-order valence-electron chi connectivity index (χ3n) is 4.72. The number of hydrogen-bond donors (Lipinski definition) is 2. The Morgan fingerprint density at radius 3 is 2.30 bits per heavy atom. The summed E-state index contributed by atoms with van der Waals surface area (Å²) in [5, 5.41) is 19.8. The summed E-state index contributed by atoms with van der Waals surface area (Å²) in [6.45, 7) is 1.94. The molecular weight excluding hydrogens is 286 g/mol. The monoisotopic (exact) mass is 305 g/mol. The summed E-state index contributed by atoms with van der Waals surface area (Å²) >= 11 is 0. The van der Waals surface area contributed by atoms with Crippen LogP contribution >= 0.6 is 0 Å². The van der Waals surface area contributed by atoms with Gasteiger partial charge in [0.2, 0.25) is 0 Å². The molecule has 1 aromatic heterocycles. The van der Waals surface area contributed by atoms with E-state index in [1.807, 2.05) is 12.1 Å². The number of benzene rings is 2. The van der Waals surface area contributed by atoms with E-state index in [0.29, 0.717) is 0 Å². The van der Waals surface area contributed by atoms with Gasteiger partial charge < -0.3 is 14.8 Å². The standard InChI is InChI=1S/C20H19NO2/c1-13-6-8-14(9-7-13)20-17(12-23)16(11-22)19-10-15-4-2-3-5-18(15)21(19)20/h2-9,22-23H,10-12H2,1H3. The fourth-order valence-corrected chi connectivity index (χ4v) is 3.60. The lowest BCUT2D eigenvalue weighted by Crippen LogP contribution is -1.97. The van der Waals surface area contributed by atoms with Crippen molar-refractivity contribution < 1.29 is 10.2 Å². The molecule has 1 aliphatic rings. The fraction of sp³-hybridized carbons (Fsp3) is 0.200. The Bertz CT molecular complexity index is 875. The zero-order valence-electron chi connectivity index (χ0n) is 13.1. The number of rotatable bonds is 3. The maximum Gasteiger partial charge on any atom is 0.0706 e. The third kappa shape index (κ3) is 2.05. The molecule has 116 valence electrons. The van der Waals surface area contributed by atoms with Gasteiger partial charge >= 0.3 is 0 Å². The molecule has 23 heavy (non-hydrogen) atoms. The number of aromatic nitrogens is 1. The summed E-state index contributed by atoms with van der Waals surface area (Å²) in [6, 6.07) is 16.6. The summed E-state index contributed by atoms with van der Waals surface area (Å²) in [4.78, 5) is 0. The van der Waals surface area contributed by atoms with Crippen LogP contribution in [-0.2, 0) is 19.6 Å². The average molecular weight is 305 g/mol. The predicted octanol–water partition coefficient (Wildman–Crippen LogP) is 3.34. The van der Waals surface area contributed by atoms with E-state index < -0.39 is 0 Å². The Hall–Kier alpha value is -2.36. The molecule has 0 saturated carbocycles. The first kappa shape index (κ1) is 14.2. The van der Waals surface area contributed by atoms with E-state index in [1.54, 1.807) is 0 Å². The summed E-state index contributed by atoms with van der Waals surface area (Å²) in [5.41, 5.74) is 8.46. The Balaban J connectivity index is 2.04. The molecule has 2 N–H and O–H groups in total. The van der Waals surface area contributed by atoms with Gasteiger partial charge in [0.25, 0.3) is 0 Å². The predicted molar refractivity (Wildman–Crippen MR) is 90.6 cm³/mol. The number of fused-ring (bicyclic) bond motifs is 3. The molecule has 0 atom stereocenters. The molecule has 3 heteroatoms. The number of para-hydroxylation sites is 1. The van der Waals surface area contributed by atoms with Gasteiger partial charge in [0.1, 0.15) is 0 Å². The van der Waals surface area contributed by atoms with Crippen LogP contribution in [0.3, 0.4) is 0 Å². The van der Waals surface area contributed by atoms with Crippen LogP contribution in [0.4, 0.5) is 0 Å². The number of aliphatic hydroxyl groups excluding tert-OH is 2. The molecule has 0 unspecified atom stereocenters. The summed E-state index contributed by atoms with van der Waals surface area (Å²) in [7, 11) is 0. The van der Waals surface area contributed by atoms with Gasteiger partial charge in [-0.05, 0) is 24.1 Å². The summed E-state index contributed by atoms with van der Waals surface area (Å²) < 4.78 is 2.21. The van der Waals surface area contributed by atoms with Crippen molar-refractivity contribution in [2.45, 2.75) is 26.6 Å². The maximum atomic E-state index is 9.93. The minimum atomic E-state index is -0.0682. The van der Waals surface area contributed by atoms with Gasteiger partial charge in [-0.1, -0.05) is 48.0 Å². The lowest BCUT2D eigenvalue weighted by molar-refractivity contribution is 0.260. The lowest BCUT2D eigenvalue weighted by atomic mass is 10.0. The van der Waals surface area contributed by atoms with E-state index in [-0.39, 0.29) is 13.2 Å². The second-order valence-electron chi connectivity index (χ2n) is 6.08. The molecule has 0 aliphatic carbocycles. The molecule has 0 amide bonds. The minimum Gasteiger partial charge on any atom is -0.392 e. The van der Waals surface area contributed by atoms with Crippen molar-refractivity contribution in [3.8, 4) is 16.9 Å². The second-order valence-corrected chi connectivity index (χ2v) is 6.08. The van der Waals surface area contributed by atoms with Crippen LogP contribution in [0.25, 0.3) is 16.9 Å². The van der Waals surface area contributed by atoms with Crippen molar-refractivity contribution in [3.05, 3.63) is 76.5 Å². The highest BCUT2D eigenvalue weighted by atomic mass is 16.3. The molecule has 0 saturated heterocycles. The fourth-order valence-electron chi connectivity index (χ4n) is 3.60. The molecule has 1 aliphatic heterocycles. The highest BCUT2D eigenvalue weighted by Crippen LogP contribution is 2.41. The van der Waals surface area contributed by atoms with E-state index in [9.17, 15) is 10.2 Å². The largest absolute Gasteiger partial charge is 0.392 e. The molecule has 0 fully saturated rings. The molecule has 2 aromatic carbocycles. The topological polar surface area (TPSA) is 45.4 Å². The second kappa shape index (κ2) is 5.37. The minimum absolute atomic E-state index is 0.0505. The number of aliphatic hydroxyl groups is 2. The Morgan fingerprint density at radius 2 is 1.61 bits per heavy atom. The van der Waals surface area contributed by atoms with Crippen LogP contribution in [0.1, 0.15) is 27.9 Å². The number of nitrogens with zero attached hydrogens (tertiary/aromatic N) is 1. The van der Waals surface area contributed by atoms with Gasteiger partial charge in [-0.15, -0.1) is 0 Å². The van der Waals surface area contributed by atoms with Gasteiger partial charge in [0.15, 0.2) is 0 Å². The van der Waals surface area contributed by atoms with Gasteiger partial charge in [-0.25, -0.2) is 0 Å². The molecule has 0 spiro atoms. The summed E-state index contributed by atoms with van der Waals surface area (Å²) in [6.07, 6.45) is 0.797. The summed E-state index contributed by atoms with van der Waals surface area (Å²) in [5.74, 6) is 0. The molecular formula is C20H19NO2. The van der Waals surface area contributed by atoms with Crippen molar-refractivity contribution in [2.75, 3.05) is 0 Å². The van der Waals surface area contributed by atoms with Gasteiger partial charge in [-0.2, -0.15) is 0 Å². The molecule has 3 aromatic rings. The SMILES string of the molecule is Cc1ccc(-c2c(CO)c(CO)c3n2-c2ccccc2C3)cc1. The zero-order valence-corrected chi connectivity index (χ0v) is 13.1. The molecule has 0 radical (unpaired) electrons. The molecule has 0 bridgehead atoms. The van der Waals surface area contributed by atoms with Crippen molar-refractivity contribution in [1.82, 2.24) is 4.57 Å². The van der Waals surface area contributed by atoms with E-state index >= 15 is 0 Å². The highest BCUT2D eigenvalue weighted by Gasteiger charge is 2.29. The molecule has 2 heterocycles. The van der Waals surface area contributed by atoms with Crippen molar-refractivity contribution in [3.63, 3.8) is 0 Å². The highest BCUT2D eigenvalue weighted by molar-refractivity contribution is 5.73. The maximum absolute atomic E-state index is 9.93. The normalized spacial score (nSPS) is 12.3. The van der Waals surface area contributed by atoms with Crippen LogP contribution in [0.15, 0.2) is 48.5 Å². The quantitative estimate of drug-likeness (QED) is 0.610. The first-order valence-electron chi connectivity index (χ1n) is 7.87. The third-order valence-corrected chi connectivity index (χ3v) is 4.72. The van der Waals surface area contributed by atoms with Gasteiger partial charge in [0.05, 0.1) is 18.9 Å². The molecule has 4 rings (SSSR count). The lowest BCUT2D eigenvalue weighted by Gasteiger charge is -2.11. The van der Waals surface area contributed by atoms with Crippen LogP contribution in [-0.4, -0.2) is 14.8 Å². The Labute approximate surface area is 135 Å². The van der Waals surface area contributed by atoms with Crippen molar-refractivity contribution >= 4 is 0 Å². The Kier molecular flexibility index (Phi) is 3.33. The van der Waals surface area contributed by atoms with Crippen LogP contribution in [0.2, 0.25) is 0 Å². The van der Waals surface area contributed by atoms with Gasteiger partial charge in [0, 0.05) is 28.9 Å². The average Bonchev–Trinajstić information content (AvgIpc) is 3.09. The van der Waals surface area contributed by atoms with Gasteiger partial charge in [-0.3, -0.25) is 0 Å². The number of aryl methyl sites for hydroxylation is 1. The van der Waals surface area contributed by atoms with E-state index in [4.69, 9.17) is 0 Å². The van der Waals surface area contributed by atoms with Crippen molar-refractivity contribution in [2.24, 2.45) is 0 Å². The number of hydrogen-bond acceptors (Lipinski definition) is 2. The van der Waals surface area contributed by atoms with E-state index in [1.165, 1.54) is 11.1 Å². The zero-order chi connectivity index (χ0) is 16.0. The van der Waals surface area contributed by atoms with E-state index in [2.05, 4.69) is 47.9 Å². The van der Waals surface area contributed by atoms with E-state index in [0.717, 1.165) is 40.2 Å². The van der Waals surface area contributed by atoms with Crippen LogP contribution < -0.4 is 0 Å². The van der Waals surface area contributed by atoms with Crippen molar-refractivity contribution in [1.29, 1.82) is 0 Å². The molecule has 3 nitrogen and oxygen atoms in total. The Morgan fingerprint density at radius 1 is 0.913 bits per heavy atom. The van der Waals surface area contributed by atoms with Crippen LogP contribution in [0, 0.1) is 6.92 Å². The first-order chi connectivity index (χ1) is 11.2. The smallest absolute Gasteiger partial charge is 0.0706 e. The first-order valence-corrected chi connectivity index (χ1v) is 7.87. The van der Waals surface area contributed by atoms with Crippen LogP contribution in [0.5, 0.6) is 0 Å².